The first-order valence-corrected chi connectivity index (χ1v) is 10.2. The molecule has 0 fully saturated rings. The third-order valence-electron chi connectivity index (χ3n) is 4.20. The average molecular weight is 448 g/mol. The van der Waals surface area contributed by atoms with E-state index < -0.39 is 11.8 Å². The summed E-state index contributed by atoms with van der Waals surface area (Å²) in [5, 5.41) is 3.62. The number of nitrogens with one attached hydrogen (secondary N) is 3. The number of carbonyl (C=O) groups excluding carboxylic acids is 2. The van der Waals surface area contributed by atoms with Crippen molar-refractivity contribution < 1.29 is 14.3 Å². The number of thiocarbonyl (C=S) groups is 1. The van der Waals surface area contributed by atoms with Gasteiger partial charge in [-0.25, -0.2) is 0 Å². The fourth-order valence-corrected chi connectivity index (χ4v) is 4.09. The maximum Gasteiger partial charge on any atom is 0.276 e. The van der Waals surface area contributed by atoms with Crippen molar-refractivity contribution in [3.8, 4) is 5.75 Å². The van der Waals surface area contributed by atoms with Gasteiger partial charge in [-0.1, -0.05) is 41.9 Å². The van der Waals surface area contributed by atoms with Crippen molar-refractivity contribution in [3.63, 3.8) is 0 Å². The van der Waals surface area contributed by atoms with E-state index >= 15 is 0 Å². The molecule has 0 saturated carbocycles. The van der Waals surface area contributed by atoms with Gasteiger partial charge in [-0.2, -0.15) is 0 Å². The topological polar surface area (TPSA) is 79.5 Å². The summed E-state index contributed by atoms with van der Waals surface area (Å²) in [7, 11) is 0. The van der Waals surface area contributed by atoms with Crippen LogP contribution in [0.1, 0.15) is 20.8 Å². The van der Waals surface area contributed by atoms with Gasteiger partial charge in [0.2, 0.25) is 0 Å². The number of hydrazine groups is 1. The lowest BCUT2D eigenvalue weighted by atomic mass is 10.1. The van der Waals surface area contributed by atoms with Gasteiger partial charge in [-0.3, -0.25) is 25.8 Å². The van der Waals surface area contributed by atoms with E-state index in [2.05, 4.69) is 16.2 Å². The molecule has 1 aromatic heterocycles. The molecule has 0 aliphatic carbocycles. The normalized spacial score (nSPS) is 10.4. The Morgan fingerprint density at radius 1 is 1.10 bits per heavy atom. The SMILES string of the molecule is Cc1cccc(OCC(=O)NNC(=S)NC(=O)c2sc3ccccc3c2Cl)c1C. The van der Waals surface area contributed by atoms with Crippen LogP contribution in [0.4, 0.5) is 0 Å². The maximum atomic E-state index is 12.4. The predicted molar refractivity (Wildman–Crippen MR) is 120 cm³/mol. The van der Waals surface area contributed by atoms with Gasteiger partial charge in [0.15, 0.2) is 11.7 Å². The molecule has 0 radical (unpaired) electrons. The Bertz CT molecular complexity index is 1100. The number of amides is 2. The van der Waals surface area contributed by atoms with Crippen LogP contribution in [0, 0.1) is 13.8 Å². The van der Waals surface area contributed by atoms with Crippen LogP contribution in [-0.4, -0.2) is 23.5 Å². The number of rotatable bonds is 4. The largest absolute Gasteiger partial charge is 0.483 e. The van der Waals surface area contributed by atoms with Crippen LogP contribution in [0.15, 0.2) is 42.5 Å². The minimum atomic E-state index is -0.449. The molecule has 6 nitrogen and oxygen atoms in total. The standard InChI is InChI=1S/C20H18ClN3O3S2/c1-11-6-5-8-14(12(11)2)27-10-16(25)23-24-20(28)22-19(26)18-17(21)13-7-3-4-9-15(13)29-18/h3-9H,10H2,1-2H3,(H,23,25)(H2,22,24,26,28). The van der Waals surface area contributed by atoms with Crippen molar-refractivity contribution >= 4 is 62.2 Å². The first kappa shape index (κ1) is 21.0. The smallest absolute Gasteiger partial charge is 0.276 e. The molecule has 0 aliphatic heterocycles. The Kier molecular flexibility index (Phi) is 6.68. The number of aryl methyl sites for hydroxylation is 1. The van der Waals surface area contributed by atoms with Crippen molar-refractivity contribution in [2.75, 3.05) is 6.61 Å². The van der Waals surface area contributed by atoms with Gasteiger partial charge in [0.25, 0.3) is 11.8 Å². The minimum Gasteiger partial charge on any atom is -0.483 e. The van der Waals surface area contributed by atoms with E-state index in [0.29, 0.717) is 15.6 Å². The molecule has 3 N–H and O–H groups in total. The summed E-state index contributed by atoms with van der Waals surface area (Å²) in [6, 6.07) is 13.1. The molecule has 0 spiro atoms. The number of ether oxygens (including phenoxy) is 1. The zero-order valence-electron chi connectivity index (χ0n) is 15.7. The third-order valence-corrected chi connectivity index (χ3v) is 6.08. The molecule has 0 bridgehead atoms. The molecule has 2 aromatic carbocycles. The van der Waals surface area contributed by atoms with Crippen molar-refractivity contribution in [1.82, 2.24) is 16.2 Å². The number of halogens is 1. The average Bonchev–Trinajstić information content (AvgIpc) is 3.04. The number of thiophene rings is 1. The molecule has 0 unspecified atom stereocenters. The highest BCUT2D eigenvalue weighted by molar-refractivity contribution is 7.80. The van der Waals surface area contributed by atoms with Crippen LogP contribution in [0.25, 0.3) is 10.1 Å². The summed E-state index contributed by atoms with van der Waals surface area (Å²) < 4.78 is 6.41. The first-order chi connectivity index (χ1) is 13.9. The van der Waals surface area contributed by atoms with Gasteiger partial charge >= 0.3 is 0 Å². The second-order valence-electron chi connectivity index (χ2n) is 6.18. The van der Waals surface area contributed by atoms with Crippen LogP contribution in [0.2, 0.25) is 5.02 Å². The molecular weight excluding hydrogens is 430 g/mol. The van der Waals surface area contributed by atoms with E-state index in [4.69, 9.17) is 28.6 Å². The van der Waals surface area contributed by atoms with E-state index in [1.165, 1.54) is 11.3 Å². The van der Waals surface area contributed by atoms with Crippen LogP contribution in [-0.2, 0) is 4.79 Å². The molecular formula is C20H18ClN3O3S2. The molecule has 150 valence electrons. The highest BCUT2D eigenvalue weighted by Crippen LogP contribution is 2.34. The lowest BCUT2D eigenvalue weighted by molar-refractivity contribution is -0.123. The zero-order chi connectivity index (χ0) is 21.0. The lowest BCUT2D eigenvalue weighted by Gasteiger charge is -2.12. The van der Waals surface area contributed by atoms with E-state index in [1.807, 2.05) is 50.2 Å². The van der Waals surface area contributed by atoms with Crippen molar-refractivity contribution in [3.05, 3.63) is 63.5 Å². The minimum absolute atomic E-state index is 0.0522. The van der Waals surface area contributed by atoms with Crippen molar-refractivity contribution in [2.45, 2.75) is 13.8 Å². The van der Waals surface area contributed by atoms with E-state index in [0.717, 1.165) is 21.2 Å². The summed E-state index contributed by atoms with van der Waals surface area (Å²) in [6.45, 7) is 3.69. The summed E-state index contributed by atoms with van der Waals surface area (Å²) in [5.74, 6) is -0.257. The Hall–Kier alpha value is -2.68. The summed E-state index contributed by atoms with van der Waals surface area (Å²) >= 11 is 12.6. The molecule has 29 heavy (non-hydrogen) atoms. The number of fused-ring (bicyclic) bond motifs is 1. The second kappa shape index (κ2) is 9.21. The summed E-state index contributed by atoms with van der Waals surface area (Å²) in [4.78, 5) is 24.7. The van der Waals surface area contributed by atoms with E-state index in [1.54, 1.807) is 6.07 Å². The van der Waals surface area contributed by atoms with Crippen LogP contribution in [0.3, 0.4) is 0 Å². The van der Waals surface area contributed by atoms with Gasteiger partial charge in [-0.05, 0) is 49.3 Å². The van der Waals surface area contributed by atoms with Gasteiger partial charge < -0.3 is 4.74 Å². The molecule has 2 amide bonds. The molecule has 3 rings (SSSR count). The summed E-state index contributed by atoms with van der Waals surface area (Å²) in [5.41, 5.74) is 6.91. The third kappa shape index (κ3) is 5.03. The highest BCUT2D eigenvalue weighted by atomic mass is 35.5. The van der Waals surface area contributed by atoms with E-state index in [9.17, 15) is 9.59 Å². The number of hydrogen-bond acceptors (Lipinski definition) is 5. The number of benzene rings is 2. The fraction of sp³-hybridized carbons (Fsp3) is 0.150. The second-order valence-corrected chi connectivity index (χ2v) is 8.02. The molecule has 1 heterocycles. The Labute approximate surface area is 182 Å². The molecule has 3 aromatic rings. The fourth-order valence-electron chi connectivity index (χ4n) is 2.54. The van der Waals surface area contributed by atoms with Crippen LogP contribution < -0.4 is 20.9 Å². The van der Waals surface area contributed by atoms with Gasteiger partial charge in [0.1, 0.15) is 10.6 Å². The predicted octanol–water partition coefficient (Wildman–Crippen LogP) is 3.89. The van der Waals surface area contributed by atoms with Gasteiger partial charge in [0, 0.05) is 10.1 Å². The molecule has 0 saturated heterocycles. The molecule has 9 heteroatoms. The van der Waals surface area contributed by atoms with E-state index in [-0.39, 0.29) is 11.7 Å². The Morgan fingerprint density at radius 2 is 1.86 bits per heavy atom. The highest BCUT2D eigenvalue weighted by Gasteiger charge is 2.18. The van der Waals surface area contributed by atoms with Gasteiger partial charge in [0.05, 0.1) is 5.02 Å². The van der Waals surface area contributed by atoms with Crippen molar-refractivity contribution in [2.24, 2.45) is 0 Å². The Balaban J connectivity index is 1.50. The van der Waals surface area contributed by atoms with Crippen LogP contribution >= 0.6 is 35.2 Å². The number of carbonyl (C=O) groups is 2. The lowest BCUT2D eigenvalue weighted by Crippen LogP contribution is -2.49. The maximum absolute atomic E-state index is 12.4. The molecule has 0 aliphatic rings. The van der Waals surface area contributed by atoms with Crippen LogP contribution in [0.5, 0.6) is 5.75 Å². The monoisotopic (exact) mass is 447 g/mol. The summed E-state index contributed by atoms with van der Waals surface area (Å²) in [6.07, 6.45) is 0. The quantitative estimate of drug-likeness (QED) is 0.417. The molecule has 0 atom stereocenters. The number of hydrogen-bond donors (Lipinski definition) is 3. The first-order valence-electron chi connectivity index (χ1n) is 8.63. The Morgan fingerprint density at radius 3 is 2.62 bits per heavy atom. The van der Waals surface area contributed by atoms with Crippen molar-refractivity contribution in [1.29, 1.82) is 0 Å². The van der Waals surface area contributed by atoms with Gasteiger partial charge in [-0.15, -0.1) is 11.3 Å². The zero-order valence-corrected chi connectivity index (χ0v) is 18.1.